The number of aliphatic hydroxyl groups is 5. The van der Waals surface area contributed by atoms with E-state index in [0.717, 1.165) is 31.2 Å². The van der Waals surface area contributed by atoms with Gasteiger partial charge in [0.05, 0.1) is 12.7 Å². The van der Waals surface area contributed by atoms with E-state index in [1.54, 1.807) is 0 Å². The third-order valence-corrected chi connectivity index (χ3v) is 5.76. The van der Waals surface area contributed by atoms with Gasteiger partial charge in [-0.2, -0.15) is 0 Å². The molecule has 0 bridgehead atoms. The number of hydrogen-bond donors (Lipinski definition) is 5. The van der Waals surface area contributed by atoms with Crippen LogP contribution in [0.3, 0.4) is 0 Å². The number of halogens is 2. The molecule has 27 heavy (non-hydrogen) atoms. The largest absolute Gasteiger partial charge is 0.394 e. The van der Waals surface area contributed by atoms with Crippen molar-refractivity contribution in [3.8, 4) is 0 Å². The smallest absolute Gasteiger partial charge is 0.111 e. The van der Waals surface area contributed by atoms with Gasteiger partial charge in [0.1, 0.15) is 18.3 Å². The second kappa shape index (κ2) is 9.60. The fraction of sp³-hybridized carbons (Fsp3) is 0.400. The SMILES string of the molecule is Cc1ccc(Br)cc1C(c1cc(Br)ccc1C)C(O)C(O)C(O)C(O)CO. The highest BCUT2D eigenvalue weighted by Crippen LogP contribution is 2.37. The lowest BCUT2D eigenvalue weighted by Gasteiger charge is -2.33. The van der Waals surface area contributed by atoms with Gasteiger partial charge >= 0.3 is 0 Å². The average molecular weight is 504 g/mol. The number of aryl methyl sites for hydroxylation is 2. The predicted molar refractivity (Wildman–Crippen MR) is 111 cm³/mol. The van der Waals surface area contributed by atoms with Gasteiger partial charge < -0.3 is 25.5 Å². The molecule has 0 aliphatic rings. The Labute approximate surface area is 175 Å². The van der Waals surface area contributed by atoms with Gasteiger partial charge in [-0.1, -0.05) is 44.0 Å². The van der Waals surface area contributed by atoms with Gasteiger partial charge in [-0.05, 0) is 60.4 Å². The number of rotatable bonds is 7. The summed E-state index contributed by atoms with van der Waals surface area (Å²) < 4.78 is 1.64. The van der Waals surface area contributed by atoms with Crippen LogP contribution in [0.25, 0.3) is 0 Å². The highest BCUT2D eigenvalue weighted by molar-refractivity contribution is 9.10. The fourth-order valence-corrected chi connectivity index (χ4v) is 3.92. The Hall–Kier alpha value is -0.800. The van der Waals surface area contributed by atoms with E-state index in [1.165, 1.54) is 0 Å². The van der Waals surface area contributed by atoms with Crippen LogP contribution in [-0.2, 0) is 0 Å². The normalized spacial score (nSPS) is 16.2. The highest BCUT2D eigenvalue weighted by Gasteiger charge is 2.37. The minimum Gasteiger partial charge on any atom is -0.394 e. The van der Waals surface area contributed by atoms with Gasteiger partial charge in [0, 0.05) is 14.9 Å². The van der Waals surface area contributed by atoms with Crippen molar-refractivity contribution in [1.29, 1.82) is 0 Å². The molecule has 4 unspecified atom stereocenters. The lowest BCUT2D eigenvalue weighted by atomic mass is 9.79. The summed E-state index contributed by atoms with van der Waals surface area (Å²) in [6.45, 7) is 3.09. The molecule has 0 saturated carbocycles. The zero-order chi connectivity index (χ0) is 20.3. The van der Waals surface area contributed by atoms with Crippen molar-refractivity contribution >= 4 is 31.9 Å². The predicted octanol–water partition coefficient (Wildman–Crippen LogP) is 2.40. The first-order chi connectivity index (χ1) is 12.7. The van der Waals surface area contributed by atoms with Crippen molar-refractivity contribution < 1.29 is 25.5 Å². The summed E-state index contributed by atoms with van der Waals surface area (Å²) >= 11 is 6.89. The van der Waals surface area contributed by atoms with Gasteiger partial charge in [-0.3, -0.25) is 0 Å². The molecule has 0 radical (unpaired) electrons. The molecule has 0 spiro atoms. The number of hydrogen-bond acceptors (Lipinski definition) is 5. The van der Waals surface area contributed by atoms with Gasteiger partial charge in [0.2, 0.25) is 0 Å². The Morgan fingerprint density at radius 3 is 1.59 bits per heavy atom. The van der Waals surface area contributed by atoms with Crippen LogP contribution in [0.2, 0.25) is 0 Å². The summed E-state index contributed by atoms with van der Waals surface area (Å²) in [7, 11) is 0. The van der Waals surface area contributed by atoms with E-state index in [1.807, 2.05) is 50.2 Å². The molecule has 2 aromatic rings. The Balaban J connectivity index is 2.59. The molecular formula is C20H24Br2O5. The third-order valence-electron chi connectivity index (χ3n) is 4.78. The maximum atomic E-state index is 11.0. The molecular weight excluding hydrogens is 480 g/mol. The first kappa shape index (κ1) is 22.5. The van der Waals surface area contributed by atoms with Gasteiger partial charge in [0.25, 0.3) is 0 Å². The van der Waals surface area contributed by atoms with Crippen LogP contribution in [0, 0.1) is 13.8 Å². The average Bonchev–Trinajstić information content (AvgIpc) is 2.65. The Kier molecular flexibility index (Phi) is 8.00. The minimum atomic E-state index is -1.69. The summed E-state index contributed by atoms with van der Waals surface area (Å²) in [5, 5.41) is 50.3. The van der Waals surface area contributed by atoms with Crippen molar-refractivity contribution in [3.63, 3.8) is 0 Å². The summed E-state index contributed by atoms with van der Waals surface area (Å²) in [6, 6.07) is 11.3. The van der Waals surface area contributed by atoms with E-state index in [9.17, 15) is 20.4 Å². The molecule has 0 aromatic heterocycles. The van der Waals surface area contributed by atoms with Crippen LogP contribution in [-0.4, -0.2) is 56.6 Å². The highest BCUT2D eigenvalue weighted by atomic mass is 79.9. The Morgan fingerprint density at radius 1 is 0.741 bits per heavy atom. The zero-order valence-corrected chi connectivity index (χ0v) is 18.2. The van der Waals surface area contributed by atoms with Crippen molar-refractivity contribution in [2.45, 2.75) is 44.2 Å². The molecule has 0 aliphatic carbocycles. The molecule has 7 heteroatoms. The Morgan fingerprint density at radius 2 is 1.19 bits per heavy atom. The van der Waals surface area contributed by atoms with Crippen LogP contribution in [0.4, 0.5) is 0 Å². The third kappa shape index (κ3) is 5.17. The first-order valence-electron chi connectivity index (χ1n) is 8.52. The van der Waals surface area contributed by atoms with Crippen LogP contribution >= 0.6 is 31.9 Å². The lowest BCUT2D eigenvalue weighted by Crippen LogP contribution is -2.48. The molecule has 4 atom stereocenters. The van der Waals surface area contributed by atoms with Crippen molar-refractivity contribution in [1.82, 2.24) is 0 Å². The van der Waals surface area contributed by atoms with E-state index in [4.69, 9.17) is 5.11 Å². The quantitative estimate of drug-likeness (QED) is 0.399. The maximum Gasteiger partial charge on any atom is 0.111 e. The summed E-state index contributed by atoms with van der Waals surface area (Å²) in [6.07, 6.45) is -6.31. The van der Waals surface area contributed by atoms with E-state index in [-0.39, 0.29) is 0 Å². The molecule has 148 valence electrons. The van der Waals surface area contributed by atoms with Crippen molar-refractivity contribution in [2.24, 2.45) is 0 Å². The number of benzene rings is 2. The zero-order valence-electron chi connectivity index (χ0n) is 15.0. The van der Waals surface area contributed by atoms with Crippen LogP contribution in [0.1, 0.15) is 28.2 Å². The summed E-state index contributed by atoms with van der Waals surface area (Å²) in [4.78, 5) is 0. The van der Waals surface area contributed by atoms with Crippen LogP contribution in [0.15, 0.2) is 45.3 Å². The van der Waals surface area contributed by atoms with Crippen LogP contribution in [0.5, 0.6) is 0 Å². The number of aliphatic hydroxyl groups excluding tert-OH is 5. The topological polar surface area (TPSA) is 101 Å². The molecule has 0 aliphatic heterocycles. The van der Waals surface area contributed by atoms with Gasteiger partial charge in [-0.25, -0.2) is 0 Å². The maximum absolute atomic E-state index is 11.0. The monoisotopic (exact) mass is 502 g/mol. The summed E-state index contributed by atoms with van der Waals surface area (Å²) in [5.41, 5.74) is 3.38. The second-order valence-electron chi connectivity index (χ2n) is 6.70. The van der Waals surface area contributed by atoms with Crippen molar-refractivity contribution in [3.05, 3.63) is 67.6 Å². The molecule has 0 heterocycles. The Bertz CT molecular complexity index is 731. The first-order valence-corrected chi connectivity index (χ1v) is 10.1. The molecule has 0 amide bonds. The molecule has 2 aromatic carbocycles. The van der Waals surface area contributed by atoms with Gasteiger partial charge in [-0.15, -0.1) is 0 Å². The molecule has 2 rings (SSSR count). The van der Waals surface area contributed by atoms with E-state index in [0.29, 0.717) is 0 Å². The van der Waals surface area contributed by atoms with E-state index >= 15 is 0 Å². The van der Waals surface area contributed by atoms with E-state index in [2.05, 4.69) is 31.9 Å². The van der Waals surface area contributed by atoms with Crippen molar-refractivity contribution in [2.75, 3.05) is 6.61 Å². The van der Waals surface area contributed by atoms with Crippen LogP contribution < -0.4 is 0 Å². The molecule has 0 fully saturated rings. The standard InChI is InChI=1S/C20H24Br2O5/c1-10-3-5-12(21)7-14(10)17(15-8-13(22)6-4-11(15)2)19(26)20(27)18(25)16(24)9-23/h3-8,16-20,23-27H,9H2,1-2H3. The van der Waals surface area contributed by atoms with Gasteiger partial charge in [0.15, 0.2) is 0 Å². The van der Waals surface area contributed by atoms with E-state index < -0.39 is 36.9 Å². The molecule has 0 saturated heterocycles. The fourth-order valence-electron chi connectivity index (χ4n) is 3.16. The summed E-state index contributed by atoms with van der Waals surface area (Å²) in [5.74, 6) is -0.657. The second-order valence-corrected chi connectivity index (χ2v) is 8.53. The molecule has 5 N–H and O–H groups in total. The minimum absolute atomic E-state index is 0.657. The lowest BCUT2D eigenvalue weighted by molar-refractivity contribution is -0.117. The molecule has 5 nitrogen and oxygen atoms in total.